The fourth-order valence-corrected chi connectivity index (χ4v) is 3.59. The predicted octanol–water partition coefficient (Wildman–Crippen LogP) is 2.73. The zero-order chi connectivity index (χ0) is 14.9. The van der Waals surface area contributed by atoms with Crippen LogP contribution in [0.5, 0.6) is 0 Å². The molecule has 0 saturated carbocycles. The van der Waals surface area contributed by atoms with Crippen LogP contribution >= 0.6 is 12.4 Å². The molecule has 1 aliphatic carbocycles. The highest BCUT2D eigenvalue weighted by atomic mass is 35.5. The molecule has 1 unspecified atom stereocenters. The third-order valence-electron chi connectivity index (χ3n) is 5.17. The summed E-state index contributed by atoms with van der Waals surface area (Å²) < 4.78 is 0. The normalized spacial score (nSPS) is 23.8. The second kappa shape index (κ2) is 7.01. The summed E-state index contributed by atoms with van der Waals surface area (Å²) in [5.41, 5.74) is 10.0. The molecule has 1 aromatic rings. The van der Waals surface area contributed by atoms with Crippen molar-refractivity contribution < 1.29 is 4.79 Å². The number of fused-ring (bicyclic) bond motifs is 1. The fraction of sp³-hybridized carbons (Fsp3) is 0.611. The molecule has 2 N–H and O–H groups in total. The number of likely N-dealkylation sites (tertiary alicyclic amines) is 1. The van der Waals surface area contributed by atoms with Crippen molar-refractivity contribution in [2.24, 2.45) is 11.1 Å². The largest absolute Gasteiger partial charge is 0.342 e. The molecule has 22 heavy (non-hydrogen) atoms. The van der Waals surface area contributed by atoms with Gasteiger partial charge in [0.25, 0.3) is 0 Å². The maximum absolute atomic E-state index is 12.5. The first-order valence-electron chi connectivity index (χ1n) is 8.18. The number of rotatable bonds is 3. The van der Waals surface area contributed by atoms with Gasteiger partial charge in [0.1, 0.15) is 0 Å². The van der Waals surface area contributed by atoms with Crippen LogP contribution in [-0.4, -0.2) is 30.4 Å². The second-order valence-corrected chi connectivity index (χ2v) is 7.07. The lowest BCUT2D eigenvalue weighted by molar-refractivity contribution is -0.129. The van der Waals surface area contributed by atoms with E-state index >= 15 is 0 Å². The Labute approximate surface area is 139 Å². The van der Waals surface area contributed by atoms with Crippen LogP contribution in [-0.2, 0) is 24.1 Å². The zero-order valence-electron chi connectivity index (χ0n) is 13.4. The van der Waals surface area contributed by atoms with Crippen molar-refractivity contribution in [3.8, 4) is 0 Å². The first kappa shape index (κ1) is 17.3. The standard InChI is InChI=1S/C18H26N2O.ClH/c1-18(12-19)8-9-20(13-18)17(21)11-14-6-7-15-4-2-3-5-16(15)10-14;/h6-7,10H,2-5,8-9,11-13,19H2,1H3;1H. The Bertz CT molecular complexity index is 546. The summed E-state index contributed by atoms with van der Waals surface area (Å²) in [6, 6.07) is 6.62. The molecule has 122 valence electrons. The van der Waals surface area contributed by atoms with Crippen LogP contribution in [0.2, 0.25) is 0 Å². The van der Waals surface area contributed by atoms with E-state index in [9.17, 15) is 4.79 Å². The molecule has 1 atom stereocenters. The van der Waals surface area contributed by atoms with Gasteiger partial charge in [0.2, 0.25) is 5.91 Å². The van der Waals surface area contributed by atoms with E-state index < -0.39 is 0 Å². The van der Waals surface area contributed by atoms with Gasteiger partial charge in [0.05, 0.1) is 6.42 Å². The Balaban J connectivity index is 0.00000176. The van der Waals surface area contributed by atoms with Crippen LogP contribution in [0.3, 0.4) is 0 Å². The highest BCUT2D eigenvalue weighted by molar-refractivity contribution is 5.85. The summed E-state index contributed by atoms with van der Waals surface area (Å²) >= 11 is 0. The maximum atomic E-state index is 12.5. The number of nitrogens with zero attached hydrogens (tertiary/aromatic N) is 1. The number of halogens is 1. The summed E-state index contributed by atoms with van der Waals surface area (Å²) in [7, 11) is 0. The number of aryl methyl sites for hydroxylation is 2. The van der Waals surface area contributed by atoms with Gasteiger partial charge >= 0.3 is 0 Å². The van der Waals surface area contributed by atoms with Crippen molar-refractivity contribution >= 4 is 18.3 Å². The SMILES string of the molecule is CC1(CN)CCN(C(=O)Cc2ccc3c(c2)CCCC3)C1.Cl. The van der Waals surface area contributed by atoms with E-state index in [0.29, 0.717) is 13.0 Å². The zero-order valence-corrected chi connectivity index (χ0v) is 14.3. The average Bonchev–Trinajstić information content (AvgIpc) is 2.91. The van der Waals surface area contributed by atoms with Gasteiger partial charge in [-0.05, 0) is 60.8 Å². The van der Waals surface area contributed by atoms with Crippen LogP contribution in [0.15, 0.2) is 18.2 Å². The van der Waals surface area contributed by atoms with Crippen LogP contribution in [0.25, 0.3) is 0 Å². The van der Waals surface area contributed by atoms with Gasteiger partial charge in [-0.25, -0.2) is 0 Å². The van der Waals surface area contributed by atoms with Crippen molar-refractivity contribution in [2.45, 2.75) is 45.4 Å². The first-order valence-corrected chi connectivity index (χ1v) is 8.18. The van der Waals surface area contributed by atoms with E-state index in [1.165, 1.54) is 42.4 Å². The number of carbonyl (C=O) groups excluding carboxylic acids is 1. The van der Waals surface area contributed by atoms with Crippen LogP contribution in [0.4, 0.5) is 0 Å². The number of amides is 1. The van der Waals surface area contributed by atoms with Gasteiger partial charge < -0.3 is 10.6 Å². The lowest BCUT2D eigenvalue weighted by Gasteiger charge is -2.23. The lowest BCUT2D eigenvalue weighted by atomic mass is 9.89. The van der Waals surface area contributed by atoms with Gasteiger partial charge in [0.15, 0.2) is 0 Å². The van der Waals surface area contributed by atoms with Crippen LogP contribution in [0, 0.1) is 5.41 Å². The smallest absolute Gasteiger partial charge is 0.227 e. The Morgan fingerprint density at radius 1 is 1.27 bits per heavy atom. The van der Waals surface area contributed by atoms with Crippen LogP contribution < -0.4 is 5.73 Å². The lowest BCUT2D eigenvalue weighted by Crippen LogP contribution is -2.35. The average molecular weight is 323 g/mol. The molecule has 1 fully saturated rings. The second-order valence-electron chi connectivity index (χ2n) is 7.07. The Morgan fingerprint density at radius 2 is 2.00 bits per heavy atom. The third-order valence-corrected chi connectivity index (χ3v) is 5.17. The fourth-order valence-electron chi connectivity index (χ4n) is 3.59. The van der Waals surface area contributed by atoms with Gasteiger partial charge in [-0.1, -0.05) is 25.1 Å². The minimum atomic E-state index is 0. The molecule has 3 rings (SSSR count). The summed E-state index contributed by atoms with van der Waals surface area (Å²) in [6.07, 6.45) is 6.52. The number of benzene rings is 1. The highest BCUT2D eigenvalue weighted by Gasteiger charge is 2.34. The Kier molecular flexibility index (Phi) is 5.51. The first-order chi connectivity index (χ1) is 10.1. The van der Waals surface area contributed by atoms with Gasteiger partial charge in [0, 0.05) is 13.1 Å². The molecule has 1 aliphatic heterocycles. The number of nitrogens with two attached hydrogens (primary N) is 1. The molecular formula is C18H27ClN2O. The third kappa shape index (κ3) is 3.64. The van der Waals surface area contributed by atoms with Crippen molar-refractivity contribution in [1.29, 1.82) is 0 Å². The number of carbonyl (C=O) groups is 1. The summed E-state index contributed by atoms with van der Waals surface area (Å²) in [4.78, 5) is 14.5. The maximum Gasteiger partial charge on any atom is 0.227 e. The minimum absolute atomic E-state index is 0. The van der Waals surface area contributed by atoms with Gasteiger partial charge in [-0.3, -0.25) is 4.79 Å². The summed E-state index contributed by atoms with van der Waals surface area (Å²) in [5, 5.41) is 0. The Hall–Kier alpha value is -1.06. The quantitative estimate of drug-likeness (QED) is 0.930. The number of hydrogen-bond donors (Lipinski definition) is 1. The molecule has 0 bridgehead atoms. The van der Waals surface area contributed by atoms with E-state index in [2.05, 4.69) is 25.1 Å². The van der Waals surface area contributed by atoms with E-state index in [4.69, 9.17) is 5.73 Å². The van der Waals surface area contributed by atoms with Crippen molar-refractivity contribution in [3.63, 3.8) is 0 Å². The van der Waals surface area contributed by atoms with E-state index in [-0.39, 0.29) is 23.7 Å². The van der Waals surface area contributed by atoms with E-state index in [0.717, 1.165) is 19.5 Å². The van der Waals surface area contributed by atoms with Gasteiger partial charge in [-0.2, -0.15) is 0 Å². The molecule has 0 radical (unpaired) electrons. The number of hydrogen-bond acceptors (Lipinski definition) is 2. The molecule has 4 heteroatoms. The predicted molar refractivity (Wildman–Crippen MR) is 92.4 cm³/mol. The van der Waals surface area contributed by atoms with Crippen molar-refractivity contribution in [1.82, 2.24) is 4.90 Å². The van der Waals surface area contributed by atoms with Crippen molar-refractivity contribution in [2.75, 3.05) is 19.6 Å². The van der Waals surface area contributed by atoms with E-state index in [1.54, 1.807) is 0 Å². The molecule has 0 aromatic heterocycles. The molecular weight excluding hydrogens is 296 g/mol. The molecule has 0 spiro atoms. The molecule has 1 amide bonds. The Morgan fingerprint density at radius 3 is 2.68 bits per heavy atom. The molecule has 2 aliphatic rings. The summed E-state index contributed by atoms with van der Waals surface area (Å²) in [6.45, 7) is 4.51. The minimum Gasteiger partial charge on any atom is -0.342 e. The van der Waals surface area contributed by atoms with Crippen molar-refractivity contribution in [3.05, 3.63) is 34.9 Å². The highest BCUT2D eigenvalue weighted by Crippen LogP contribution is 2.29. The molecule has 1 aromatic carbocycles. The molecule has 1 heterocycles. The van der Waals surface area contributed by atoms with E-state index in [1.807, 2.05) is 4.90 Å². The summed E-state index contributed by atoms with van der Waals surface area (Å²) in [5.74, 6) is 0.253. The molecule has 3 nitrogen and oxygen atoms in total. The monoisotopic (exact) mass is 322 g/mol. The van der Waals surface area contributed by atoms with Gasteiger partial charge in [-0.15, -0.1) is 12.4 Å². The topological polar surface area (TPSA) is 46.3 Å². The molecule has 1 saturated heterocycles. The van der Waals surface area contributed by atoms with Crippen LogP contribution in [0.1, 0.15) is 42.9 Å².